The van der Waals surface area contributed by atoms with E-state index in [1.807, 2.05) is 26.8 Å². The average molecular weight is 193 g/mol. The van der Waals surface area contributed by atoms with Crippen LogP contribution in [0.25, 0.3) is 0 Å². The molecule has 0 aliphatic heterocycles. The highest BCUT2D eigenvalue weighted by molar-refractivity contribution is 5.90. The molecule has 0 aromatic carbocycles. The van der Waals surface area contributed by atoms with Crippen LogP contribution < -0.4 is 0 Å². The first kappa shape index (κ1) is 10.7. The summed E-state index contributed by atoms with van der Waals surface area (Å²) in [6, 6.07) is 3.57. The Morgan fingerprint density at radius 2 is 2.14 bits per heavy atom. The standard InChI is InChI=1S/C11H15NO2/c1-4-7-14-11(13)10-6-5-8(2)12-9(10)3/h5-6H,4,7H2,1-3H3. The van der Waals surface area contributed by atoms with Crippen molar-refractivity contribution in [2.45, 2.75) is 27.2 Å². The minimum Gasteiger partial charge on any atom is -0.462 e. The van der Waals surface area contributed by atoms with E-state index in [9.17, 15) is 4.79 Å². The maximum absolute atomic E-state index is 11.5. The first-order valence-corrected chi connectivity index (χ1v) is 4.76. The molecule has 0 aliphatic rings. The van der Waals surface area contributed by atoms with E-state index >= 15 is 0 Å². The number of ether oxygens (including phenoxy) is 1. The molecule has 0 saturated heterocycles. The maximum Gasteiger partial charge on any atom is 0.339 e. The van der Waals surface area contributed by atoms with Gasteiger partial charge in [0.25, 0.3) is 0 Å². The van der Waals surface area contributed by atoms with Gasteiger partial charge in [-0.15, -0.1) is 0 Å². The fourth-order valence-corrected chi connectivity index (χ4v) is 1.17. The van der Waals surface area contributed by atoms with Crippen LogP contribution >= 0.6 is 0 Å². The number of hydrogen-bond donors (Lipinski definition) is 0. The van der Waals surface area contributed by atoms with Crippen molar-refractivity contribution in [1.82, 2.24) is 4.98 Å². The van der Waals surface area contributed by atoms with Crippen molar-refractivity contribution in [3.05, 3.63) is 29.1 Å². The van der Waals surface area contributed by atoms with Gasteiger partial charge in [-0.25, -0.2) is 4.79 Å². The lowest BCUT2D eigenvalue weighted by atomic mass is 10.2. The predicted octanol–water partition coefficient (Wildman–Crippen LogP) is 2.27. The fraction of sp³-hybridized carbons (Fsp3) is 0.455. The van der Waals surface area contributed by atoms with Crippen molar-refractivity contribution in [3.8, 4) is 0 Å². The Kier molecular flexibility index (Phi) is 3.63. The van der Waals surface area contributed by atoms with Gasteiger partial charge in [-0.1, -0.05) is 6.92 Å². The van der Waals surface area contributed by atoms with Crippen LogP contribution in [-0.2, 0) is 4.74 Å². The number of rotatable bonds is 3. The molecule has 0 spiro atoms. The number of esters is 1. The number of carbonyl (C=O) groups is 1. The highest BCUT2D eigenvalue weighted by atomic mass is 16.5. The van der Waals surface area contributed by atoms with Gasteiger partial charge in [0, 0.05) is 5.69 Å². The lowest BCUT2D eigenvalue weighted by Gasteiger charge is -2.05. The zero-order valence-electron chi connectivity index (χ0n) is 8.83. The van der Waals surface area contributed by atoms with E-state index in [1.165, 1.54) is 0 Å². The van der Waals surface area contributed by atoms with Crippen molar-refractivity contribution in [1.29, 1.82) is 0 Å². The third-order valence-electron chi connectivity index (χ3n) is 1.88. The molecule has 0 N–H and O–H groups in total. The number of aryl methyl sites for hydroxylation is 2. The summed E-state index contributed by atoms with van der Waals surface area (Å²) in [6.45, 7) is 6.14. The van der Waals surface area contributed by atoms with E-state index in [0.29, 0.717) is 12.2 Å². The second kappa shape index (κ2) is 4.74. The number of aromatic nitrogens is 1. The zero-order chi connectivity index (χ0) is 10.6. The normalized spacial score (nSPS) is 9.93. The molecular weight excluding hydrogens is 178 g/mol. The summed E-state index contributed by atoms with van der Waals surface area (Å²) >= 11 is 0. The molecule has 76 valence electrons. The Balaban J connectivity index is 2.80. The van der Waals surface area contributed by atoms with Gasteiger partial charge in [0.1, 0.15) is 0 Å². The molecule has 0 fully saturated rings. The van der Waals surface area contributed by atoms with Crippen molar-refractivity contribution in [2.24, 2.45) is 0 Å². The highest BCUT2D eigenvalue weighted by Crippen LogP contribution is 2.08. The van der Waals surface area contributed by atoms with Crippen LogP contribution in [0, 0.1) is 13.8 Å². The molecule has 1 heterocycles. The van der Waals surface area contributed by atoms with Gasteiger partial charge in [0.15, 0.2) is 0 Å². The van der Waals surface area contributed by atoms with Crippen molar-refractivity contribution >= 4 is 5.97 Å². The molecule has 0 unspecified atom stereocenters. The number of carbonyl (C=O) groups excluding carboxylic acids is 1. The molecule has 0 radical (unpaired) electrons. The van der Waals surface area contributed by atoms with Crippen LogP contribution in [0.3, 0.4) is 0 Å². The Morgan fingerprint density at radius 1 is 1.43 bits per heavy atom. The molecule has 14 heavy (non-hydrogen) atoms. The van der Waals surface area contributed by atoms with Gasteiger partial charge >= 0.3 is 5.97 Å². The summed E-state index contributed by atoms with van der Waals surface area (Å²) in [5.41, 5.74) is 2.20. The quantitative estimate of drug-likeness (QED) is 0.691. The first-order valence-electron chi connectivity index (χ1n) is 4.76. The molecule has 0 bridgehead atoms. The second-order valence-corrected chi connectivity index (χ2v) is 3.22. The molecule has 1 rings (SSSR count). The van der Waals surface area contributed by atoms with E-state index in [4.69, 9.17) is 4.74 Å². The molecule has 1 aromatic heterocycles. The van der Waals surface area contributed by atoms with E-state index in [1.54, 1.807) is 6.07 Å². The van der Waals surface area contributed by atoms with E-state index in [0.717, 1.165) is 17.8 Å². The molecule has 0 amide bonds. The van der Waals surface area contributed by atoms with Crippen LogP contribution in [0.4, 0.5) is 0 Å². The smallest absolute Gasteiger partial charge is 0.339 e. The van der Waals surface area contributed by atoms with Gasteiger partial charge < -0.3 is 4.74 Å². The third-order valence-corrected chi connectivity index (χ3v) is 1.88. The van der Waals surface area contributed by atoms with Crippen molar-refractivity contribution in [2.75, 3.05) is 6.61 Å². The summed E-state index contributed by atoms with van der Waals surface area (Å²) < 4.78 is 5.02. The maximum atomic E-state index is 11.5. The molecule has 3 heteroatoms. The zero-order valence-corrected chi connectivity index (χ0v) is 8.83. The van der Waals surface area contributed by atoms with Crippen LogP contribution in [0.5, 0.6) is 0 Å². The molecule has 0 saturated carbocycles. The number of nitrogens with zero attached hydrogens (tertiary/aromatic N) is 1. The minimum absolute atomic E-state index is 0.281. The predicted molar refractivity (Wildman–Crippen MR) is 54.3 cm³/mol. The summed E-state index contributed by atoms with van der Waals surface area (Å²) in [6.07, 6.45) is 0.837. The van der Waals surface area contributed by atoms with Gasteiger partial charge in [0.2, 0.25) is 0 Å². The Bertz CT molecular complexity index is 334. The van der Waals surface area contributed by atoms with Gasteiger partial charge in [-0.3, -0.25) is 4.98 Å². The first-order chi connectivity index (χ1) is 6.65. The Labute approximate surface area is 84.1 Å². The Morgan fingerprint density at radius 3 is 2.71 bits per heavy atom. The van der Waals surface area contributed by atoms with E-state index in [-0.39, 0.29) is 5.97 Å². The topological polar surface area (TPSA) is 39.2 Å². The molecule has 1 aromatic rings. The fourth-order valence-electron chi connectivity index (χ4n) is 1.17. The summed E-state index contributed by atoms with van der Waals surface area (Å²) in [5.74, 6) is -0.281. The summed E-state index contributed by atoms with van der Waals surface area (Å²) in [5, 5.41) is 0. The molecular formula is C11H15NO2. The molecule has 0 aliphatic carbocycles. The lowest BCUT2D eigenvalue weighted by molar-refractivity contribution is 0.0503. The minimum atomic E-state index is -0.281. The largest absolute Gasteiger partial charge is 0.462 e. The van der Waals surface area contributed by atoms with Crippen LogP contribution in [-0.4, -0.2) is 17.6 Å². The monoisotopic (exact) mass is 193 g/mol. The van der Waals surface area contributed by atoms with Gasteiger partial charge in [-0.2, -0.15) is 0 Å². The van der Waals surface area contributed by atoms with Crippen LogP contribution in [0.15, 0.2) is 12.1 Å². The highest BCUT2D eigenvalue weighted by Gasteiger charge is 2.10. The lowest BCUT2D eigenvalue weighted by Crippen LogP contribution is -2.09. The van der Waals surface area contributed by atoms with Crippen LogP contribution in [0.2, 0.25) is 0 Å². The average Bonchev–Trinajstić information content (AvgIpc) is 2.14. The van der Waals surface area contributed by atoms with Crippen molar-refractivity contribution in [3.63, 3.8) is 0 Å². The third kappa shape index (κ3) is 2.55. The van der Waals surface area contributed by atoms with Crippen LogP contribution in [0.1, 0.15) is 35.1 Å². The van der Waals surface area contributed by atoms with E-state index in [2.05, 4.69) is 4.98 Å². The number of hydrogen-bond acceptors (Lipinski definition) is 3. The van der Waals surface area contributed by atoms with E-state index < -0.39 is 0 Å². The SMILES string of the molecule is CCCOC(=O)c1ccc(C)nc1C. The van der Waals surface area contributed by atoms with Gasteiger partial charge in [0.05, 0.1) is 17.9 Å². The molecule has 0 atom stereocenters. The Hall–Kier alpha value is -1.38. The molecule has 3 nitrogen and oxygen atoms in total. The summed E-state index contributed by atoms with van der Waals surface area (Å²) in [4.78, 5) is 15.7. The van der Waals surface area contributed by atoms with Gasteiger partial charge in [-0.05, 0) is 32.4 Å². The summed E-state index contributed by atoms with van der Waals surface area (Å²) in [7, 11) is 0. The second-order valence-electron chi connectivity index (χ2n) is 3.22. The van der Waals surface area contributed by atoms with Crippen molar-refractivity contribution < 1.29 is 9.53 Å². The number of pyridine rings is 1.